The van der Waals surface area contributed by atoms with Crippen molar-refractivity contribution in [3.63, 3.8) is 0 Å². The highest BCUT2D eigenvalue weighted by atomic mass is 16.1. The number of aryl methyl sites for hydroxylation is 2. The van der Waals surface area contributed by atoms with Crippen molar-refractivity contribution >= 4 is 5.91 Å². The lowest BCUT2D eigenvalue weighted by Gasteiger charge is -2.42. The summed E-state index contributed by atoms with van der Waals surface area (Å²) in [6.45, 7) is 5.88. The van der Waals surface area contributed by atoms with E-state index in [0.29, 0.717) is 5.56 Å². The van der Waals surface area contributed by atoms with E-state index in [1.807, 2.05) is 13.8 Å². The quantitative estimate of drug-likeness (QED) is 0.821. The summed E-state index contributed by atoms with van der Waals surface area (Å²) in [5.41, 5.74) is 2.38. The van der Waals surface area contributed by atoms with Crippen molar-refractivity contribution in [2.24, 2.45) is 0 Å². The van der Waals surface area contributed by atoms with Crippen LogP contribution in [-0.2, 0) is 0 Å². The van der Waals surface area contributed by atoms with E-state index in [2.05, 4.69) is 22.4 Å². The third-order valence-corrected chi connectivity index (χ3v) is 3.72. The molecule has 88 valence electrons. The summed E-state index contributed by atoms with van der Waals surface area (Å²) in [5, 5.41) is 10.1. The molecular weight excluding hydrogens is 202 g/mol. The molecule has 0 aliphatic heterocycles. The number of carbonyl (C=O) groups is 1. The first kappa shape index (κ1) is 11.2. The molecule has 1 aromatic heterocycles. The summed E-state index contributed by atoms with van der Waals surface area (Å²) < 4.78 is 0. The van der Waals surface area contributed by atoms with Crippen molar-refractivity contribution in [2.75, 3.05) is 0 Å². The van der Waals surface area contributed by atoms with E-state index in [1.165, 1.54) is 6.42 Å². The van der Waals surface area contributed by atoms with Gasteiger partial charge in [0.1, 0.15) is 0 Å². The summed E-state index contributed by atoms with van der Waals surface area (Å²) in [6.07, 6.45) is 4.43. The smallest absolute Gasteiger partial charge is 0.255 e. The van der Waals surface area contributed by atoms with Gasteiger partial charge in [-0.15, -0.1) is 0 Å². The van der Waals surface area contributed by atoms with Gasteiger partial charge in [0.15, 0.2) is 0 Å². The average molecular weight is 221 g/mol. The first-order valence-corrected chi connectivity index (χ1v) is 5.92. The van der Waals surface area contributed by atoms with E-state index in [1.54, 1.807) is 0 Å². The van der Waals surface area contributed by atoms with E-state index in [9.17, 15) is 4.79 Å². The molecule has 0 unspecified atom stereocenters. The van der Waals surface area contributed by atoms with Gasteiger partial charge in [-0.25, -0.2) is 0 Å². The molecule has 2 N–H and O–H groups in total. The molecule has 4 heteroatoms. The van der Waals surface area contributed by atoms with E-state index in [-0.39, 0.29) is 11.4 Å². The number of aromatic amines is 1. The lowest BCUT2D eigenvalue weighted by atomic mass is 9.74. The Morgan fingerprint density at radius 1 is 1.50 bits per heavy atom. The van der Waals surface area contributed by atoms with Gasteiger partial charge in [0.05, 0.1) is 11.3 Å². The van der Waals surface area contributed by atoms with Gasteiger partial charge in [-0.3, -0.25) is 9.89 Å². The molecule has 0 atom stereocenters. The minimum Gasteiger partial charge on any atom is -0.347 e. The van der Waals surface area contributed by atoms with E-state index >= 15 is 0 Å². The summed E-state index contributed by atoms with van der Waals surface area (Å²) in [4.78, 5) is 12.1. The van der Waals surface area contributed by atoms with Gasteiger partial charge in [-0.05, 0) is 39.5 Å². The molecule has 0 saturated heterocycles. The molecule has 0 aromatic carbocycles. The number of rotatable bonds is 3. The molecule has 0 spiro atoms. The van der Waals surface area contributed by atoms with Crippen LogP contribution in [0, 0.1) is 13.8 Å². The Hall–Kier alpha value is -1.32. The average Bonchev–Trinajstić information content (AvgIpc) is 2.52. The Labute approximate surface area is 95.8 Å². The second-order valence-corrected chi connectivity index (χ2v) is 4.75. The highest BCUT2D eigenvalue weighted by molar-refractivity contribution is 5.96. The number of H-pyrrole nitrogens is 1. The maximum absolute atomic E-state index is 12.1. The Balaban J connectivity index is 2.14. The van der Waals surface area contributed by atoms with E-state index in [0.717, 1.165) is 30.7 Å². The van der Waals surface area contributed by atoms with E-state index in [4.69, 9.17) is 0 Å². The van der Waals surface area contributed by atoms with E-state index < -0.39 is 0 Å². The van der Waals surface area contributed by atoms with Gasteiger partial charge in [-0.2, -0.15) is 5.10 Å². The Bertz CT molecular complexity index is 379. The minimum atomic E-state index is 0.0188. The van der Waals surface area contributed by atoms with Crippen LogP contribution in [0.2, 0.25) is 0 Å². The van der Waals surface area contributed by atoms with Crippen molar-refractivity contribution in [1.82, 2.24) is 15.5 Å². The second kappa shape index (κ2) is 3.92. The number of hydrogen-bond acceptors (Lipinski definition) is 2. The maximum Gasteiger partial charge on any atom is 0.255 e. The third kappa shape index (κ3) is 1.72. The summed E-state index contributed by atoms with van der Waals surface area (Å²) >= 11 is 0. The highest BCUT2D eigenvalue weighted by Crippen LogP contribution is 2.35. The fourth-order valence-corrected chi connectivity index (χ4v) is 2.36. The third-order valence-electron chi connectivity index (χ3n) is 3.72. The molecule has 1 fully saturated rings. The molecule has 4 nitrogen and oxygen atoms in total. The molecule has 1 amide bonds. The molecule has 0 radical (unpaired) electrons. The standard InChI is InChI=1S/C12H19N3O/c1-4-12(6-5-7-12)13-11(16)10-8(2)14-15-9(10)3/h4-7H2,1-3H3,(H,13,16)(H,14,15). The maximum atomic E-state index is 12.1. The van der Waals surface area contributed by atoms with Gasteiger partial charge >= 0.3 is 0 Å². The second-order valence-electron chi connectivity index (χ2n) is 4.75. The lowest BCUT2D eigenvalue weighted by Crippen LogP contribution is -2.53. The normalized spacial score (nSPS) is 17.9. The molecule has 16 heavy (non-hydrogen) atoms. The molecule has 0 bridgehead atoms. The van der Waals surface area contributed by atoms with Crippen LogP contribution >= 0.6 is 0 Å². The van der Waals surface area contributed by atoms with Crippen molar-refractivity contribution < 1.29 is 4.79 Å². The van der Waals surface area contributed by atoms with Gasteiger partial charge in [-0.1, -0.05) is 6.92 Å². The highest BCUT2D eigenvalue weighted by Gasteiger charge is 2.37. The minimum absolute atomic E-state index is 0.0188. The Kier molecular flexibility index (Phi) is 2.74. The zero-order chi connectivity index (χ0) is 11.8. The van der Waals surface area contributed by atoms with Crippen LogP contribution < -0.4 is 5.32 Å². The Morgan fingerprint density at radius 2 is 2.19 bits per heavy atom. The largest absolute Gasteiger partial charge is 0.347 e. The van der Waals surface area contributed by atoms with Crippen molar-refractivity contribution in [3.05, 3.63) is 17.0 Å². The van der Waals surface area contributed by atoms with Crippen LogP contribution in [0.5, 0.6) is 0 Å². The predicted molar refractivity (Wildman–Crippen MR) is 62.4 cm³/mol. The van der Waals surface area contributed by atoms with Crippen molar-refractivity contribution in [2.45, 2.75) is 52.0 Å². The Morgan fingerprint density at radius 3 is 2.56 bits per heavy atom. The summed E-state index contributed by atoms with van der Waals surface area (Å²) in [6, 6.07) is 0. The molecule has 1 aromatic rings. The van der Waals surface area contributed by atoms with Crippen molar-refractivity contribution in [1.29, 1.82) is 0 Å². The number of hydrogen-bond donors (Lipinski definition) is 2. The first-order valence-electron chi connectivity index (χ1n) is 5.92. The summed E-state index contributed by atoms with van der Waals surface area (Å²) in [7, 11) is 0. The van der Waals surface area contributed by atoms with Gasteiger partial charge in [0.2, 0.25) is 0 Å². The number of nitrogens with zero attached hydrogens (tertiary/aromatic N) is 1. The van der Waals surface area contributed by atoms with Crippen LogP contribution in [0.15, 0.2) is 0 Å². The molecule has 1 heterocycles. The molecule has 1 saturated carbocycles. The fraction of sp³-hybridized carbons (Fsp3) is 0.667. The lowest BCUT2D eigenvalue weighted by molar-refractivity contribution is 0.0819. The SMILES string of the molecule is CCC1(NC(=O)c2c(C)n[nH]c2C)CCC1. The fourth-order valence-electron chi connectivity index (χ4n) is 2.36. The molecule has 2 rings (SSSR count). The molecule has 1 aliphatic carbocycles. The topological polar surface area (TPSA) is 57.8 Å². The molecule has 1 aliphatic rings. The number of amides is 1. The van der Waals surface area contributed by atoms with Crippen LogP contribution in [0.3, 0.4) is 0 Å². The van der Waals surface area contributed by atoms with Crippen LogP contribution in [0.25, 0.3) is 0 Å². The molecular formula is C12H19N3O. The van der Waals surface area contributed by atoms with Crippen LogP contribution in [0.4, 0.5) is 0 Å². The number of carbonyl (C=O) groups excluding carboxylic acids is 1. The number of aromatic nitrogens is 2. The van der Waals surface area contributed by atoms with Crippen molar-refractivity contribution in [3.8, 4) is 0 Å². The van der Waals surface area contributed by atoms with Gasteiger partial charge in [0, 0.05) is 11.2 Å². The van der Waals surface area contributed by atoms with Crippen LogP contribution in [0.1, 0.15) is 54.4 Å². The van der Waals surface area contributed by atoms with Crippen LogP contribution in [-0.4, -0.2) is 21.6 Å². The zero-order valence-electron chi connectivity index (χ0n) is 10.2. The zero-order valence-corrected chi connectivity index (χ0v) is 10.2. The monoisotopic (exact) mass is 221 g/mol. The first-order chi connectivity index (χ1) is 7.58. The predicted octanol–water partition coefficient (Wildman–Crippen LogP) is 2.09. The number of nitrogens with one attached hydrogen (secondary N) is 2. The summed E-state index contributed by atoms with van der Waals surface area (Å²) in [5.74, 6) is 0.0188. The van der Waals surface area contributed by atoms with Gasteiger partial charge in [0.25, 0.3) is 5.91 Å². The van der Waals surface area contributed by atoms with Gasteiger partial charge < -0.3 is 5.32 Å².